The molecule has 132 valence electrons. The predicted molar refractivity (Wildman–Crippen MR) is 97.1 cm³/mol. The molecule has 2 aromatic carbocycles. The minimum atomic E-state index is -0.843. The lowest BCUT2D eigenvalue weighted by Gasteiger charge is -2.29. The summed E-state index contributed by atoms with van der Waals surface area (Å²) < 4.78 is 33.2. The van der Waals surface area contributed by atoms with Crippen LogP contribution in [0.15, 0.2) is 53.9 Å². The van der Waals surface area contributed by atoms with Crippen LogP contribution in [0.25, 0.3) is 11.1 Å². The highest BCUT2D eigenvalue weighted by atomic mass is 32.1. The molecule has 0 radical (unpaired) electrons. The van der Waals surface area contributed by atoms with E-state index < -0.39 is 17.2 Å². The van der Waals surface area contributed by atoms with Gasteiger partial charge in [0.15, 0.2) is 0 Å². The molecule has 1 aliphatic rings. The van der Waals surface area contributed by atoms with Gasteiger partial charge < -0.3 is 10.1 Å². The second kappa shape index (κ2) is 6.30. The molecular weight excluding hydrogens is 356 g/mol. The first-order chi connectivity index (χ1) is 12.5. The Hall–Kier alpha value is -2.57. The first-order valence-electron chi connectivity index (χ1n) is 8.04. The molecular formula is C20H15F2NO2S. The fourth-order valence-corrected chi connectivity index (χ4v) is 4.03. The molecule has 3 aromatic rings. The van der Waals surface area contributed by atoms with Crippen LogP contribution in [-0.4, -0.2) is 12.5 Å². The average molecular weight is 371 g/mol. The van der Waals surface area contributed by atoms with Crippen molar-refractivity contribution < 1.29 is 18.3 Å². The minimum Gasteiger partial charge on any atom is -0.355 e. The van der Waals surface area contributed by atoms with E-state index >= 15 is 0 Å². The number of hydrogen-bond donors (Lipinski definition) is 1. The van der Waals surface area contributed by atoms with E-state index in [1.807, 2.05) is 30.5 Å². The Balaban J connectivity index is 1.91. The number of halogens is 2. The van der Waals surface area contributed by atoms with Gasteiger partial charge in [0.1, 0.15) is 23.8 Å². The summed E-state index contributed by atoms with van der Waals surface area (Å²) in [5, 5.41) is 4.77. The van der Waals surface area contributed by atoms with E-state index in [2.05, 4.69) is 5.32 Å². The van der Waals surface area contributed by atoms with Crippen LogP contribution in [-0.2, 0) is 15.1 Å². The van der Waals surface area contributed by atoms with Crippen LogP contribution >= 0.6 is 11.3 Å². The van der Waals surface area contributed by atoms with Gasteiger partial charge in [0.25, 0.3) is 0 Å². The van der Waals surface area contributed by atoms with Crippen molar-refractivity contribution in [2.24, 2.45) is 0 Å². The van der Waals surface area contributed by atoms with E-state index in [9.17, 15) is 13.6 Å². The number of ether oxygens (including phenoxy) is 1. The monoisotopic (exact) mass is 371 g/mol. The van der Waals surface area contributed by atoms with Crippen LogP contribution in [0, 0.1) is 11.6 Å². The van der Waals surface area contributed by atoms with Gasteiger partial charge in [-0.15, -0.1) is 11.3 Å². The summed E-state index contributed by atoms with van der Waals surface area (Å²) in [6.07, 6.45) is 0. The molecule has 0 spiro atoms. The quantitative estimate of drug-likeness (QED) is 0.694. The van der Waals surface area contributed by atoms with Crippen LogP contribution < -0.4 is 5.32 Å². The van der Waals surface area contributed by atoms with Crippen molar-refractivity contribution in [3.8, 4) is 11.1 Å². The number of thiophene rings is 1. The molecule has 3 nitrogen and oxygen atoms in total. The van der Waals surface area contributed by atoms with E-state index in [0.717, 1.165) is 16.5 Å². The lowest BCUT2D eigenvalue weighted by molar-refractivity contribution is -0.124. The number of nitrogens with one attached hydrogen (secondary N) is 1. The largest absolute Gasteiger partial charge is 0.355 e. The number of carbonyl (C=O) groups is 1. The number of benzene rings is 2. The Morgan fingerprint density at radius 3 is 2.54 bits per heavy atom. The van der Waals surface area contributed by atoms with Gasteiger partial charge >= 0.3 is 0 Å². The lowest BCUT2D eigenvalue weighted by atomic mass is 9.89. The van der Waals surface area contributed by atoms with E-state index in [1.54, 1.807) is 12.1 Å². The normalized spacial score (nSPS) is 19.6. The topological polar surface area (TPSA) is 38.3 Å². The SMILES string of the molecule is CC1(c2cccs2)OCC(=O)Nc2ccc(-c3cc(F)cc(F)c3)cc21. The van der Waals surface area contributed by atoms with Crippen molar-refractivity contribution in [2.75, 3.05) is 11.9 Å². The van der Waals surface area contributed by atoms with Gasteiger partial charge in [0.05, 0.1) is 0 Å². The van der Waals surface area contributed by atoms with Crippen LogP contribution in [0.5, 0.6) is 0 Å². The third kappa shape index (κ3) is 2.91. The molecule has 1 amide bonds. The number of carbonyl (C=O) groups excluding carboxylic acids is 1. The molecule has 1 aromatic heterocycles. The summed E-state index contributed by atoms with van der Waals surface area (Å²) in [4.78, 5) is 13.0. The molecule has 6 heteroatoms. The zero-order chi connectivity index (χ0) is 18.3. The fraction of sp³-hybridized carbons (Fsp3) is 0.150. The zero-order valence-corrected chi connectivity index (χ0v) is 14.7. The number of rotatable bonds is 2. The van der Waals surface area contributed by atoms with Crippen molar-refractivity contribution in [3.05, 3.63) is 76.0 Å². The number of fused-ring (bicyclic) bond motifs is 1. The van der Waals surface area contributed by atoms with Gasteiger partial charge in [-0.1, -0.05) is 12.1 Å². The van der Waals surface area contributed by atoms with Crippen LogP contribution in [0.4, 0.5) is 14.5 Å². The van der Waals surface area contributed by atoms with Gasteiger partial charge in [-0.2, -0.15) is 0 Å². The molecule has 1 atom stereocenters. The van der Waals surface area contributed by atoms with Crippen molar-refractivity contribution in [1.29, 1.82) is 0 Å². The van der Waals surface area contributed by atoms with Crippen LogP contribution in [0.3, 0.4) is 0 Å². The predicted octanol–water partition coefficient (Wildman–Crippen LogP) is 4.93. The van der Waals surface area contributed by atoms with Gasteiger partial charge in [-0.05, 0) is 53.8 Å². The van der Waals surface area contributed by atoms with Crippen molar-refractivity contribution >= 4 is 22.9 Å². The molecule has 0 saturated heterocycles. The van der Waals surface area contributed by atoms with Gasteiger partial charge in [0, 0.05) is 22.2 Å². The standard InChI is InChI=1S/C20H15F2NO2S/c1-20(18-3-2-6-26-18)16-9-12(13-7-14(21)10-15(22)8-13)4-5-17(16)23-19(24)11-25-20/h2-10H,11H2,1H3,(H,23,24). The Morgan fingerprint density at radius 1 is 1.08 bits per heavy atom. The van der Waals surface area contributed by atoms with Crippen molar-refractivity contribution in [1.82, 2.24) is 0 Å². The zero-order valence-electron chi connectivity index (χ0n) is 13.9. The first kappa shape index (κ1) is 16.9. The highest BCUT2D eigenvalue weighted by Crippen LogP contribution is 2.42. The smallest absolute Gasteiger partial charge is 0.250 e. The Labute approximate surface area is 153 Å². The highest BCUT2D eigenvalue weighted by molar-refractivity contribution is 7.10. The molecule has 0 saturated carbocycles. The summed E-state index contributed by atoms with van der Waals surface area (Å²) in [5.41, 5.74) is 1.60. The Kier molecular flexibility index (Phi) is 4.09. The second-order valence-corrected chi connectivity index (χ2v) is 7.21. The molecule has 4 rings (SSSR count). The van der Waals surface area contributed by atoms with Gasteiger partial charge in [-0.25, -0.2) is 8.78 Å². The Morgan fingerprint density at radius 2 is 1.85 bits per heavy atom. The third-order valence-electron chi connectivity index (χ3n) is 4.49. The van der Waals surface area contributed by atoms with E-state index in [-0.39, 0.29) is 12.5 Å². The van der Waals surface area contributed by atoms with Crippen molar-refractivity contribution in [3.63, 3.8) is 0 Å². The summed E-state index contributed by atoms with van der Waals surface area (Å²) in [6, 6.07) is 12.5. The highest BCUT2D eigenvalue weighted by Gasteiger charge is 2.37. The molecule has 0 bridgehead atoms. The maximum Gasteiger partial charge on any atom is 0.250 e. The Bertz CT molecular complexity index is 967. The number of amides is 1. The van der Waals surface area contributed by atoms with Crippen LogP contribution in [0.2, 0.25) is 0 Å². The molecule has 1 N–H and O–H groups in total. The summed E-state index contributed by atoms with van der Waals surface area (Å²) in [7, 11) is 0. The molecule has 2 heterocycles. The molecule has 26 heavy (non-hydrogen) atoms. The van der Waals surface area contributed by atoms with Crippen molar-refractivity contribution in [2.45, 2.75) is 12.5 Å². The first-order valence-corrected chi connectivity index (χ1v) is 8.92. The van der Waals surface area contributed by atoms with E-state index in [4.69, 9.17) is 4.74 Å². The van der Waals surface area contributed by atoms with Crippen LogP contribution in [0.1, 0.15) is 17.4 Å². The van der Waals surface area contributed by atoms with E-state index in [0.29, 0.717) is 16.8 Å². The lowest BCUT2D eigenvalue weighted by Crippen LogP contribution is -2.27. The summed E-state index contributed by atoms with van der Waals surface area (Å²) in [6.45, 7) is 1.82. The second-order valence-electron chi connectivity index (χ2n) is 6.27. The molecule has 1 unspecified atom stereocenters. The molecule has 1 aliphatic heterocycles. The minimum absolute atomic E-state index is 0.0764. The third-order valence-corrected chi connectivity index (χ3v) is 5.56. The molecule has 0 fully saturated rings. The maximum absolute atomic E-state index is 13.6. The maximum atomic E-state index is 13.6. The van der Waals surface area contributed by atoms with E-state index in [1.165, 1.54) is 23.5 Å². The summed E-state index contributed by atoms with van der Waals surface area (Å²) in [5.74, 6) is -1.52. The summed E-state index contributed by atoms with van der Waals surface area (Å²) >= 11 is 1.52. The number of anilines is 1. The van der Waals surface area contributed by atoms with Gasteiger partial charge in [0.2, 0.25) is 5.91 Å². The fourth-order valence-electron chi connectivity index (χ4n) is 3.18. The average Bonchev–Trinajstić information content (AvgIpc) is 3.10. The van der Waals surface area contributed by atoms with Gasteiger partial charge in [-0.3, -0.25) is 4.79 Å². The number of hydrogen-bond acceptors (Lipinski definition) is 3. The molecule has 0 aliphatic carbocycles.